The highest BCUT2D eigenvalue weighted by Crippen LogP contribution is 2.19. The summed E-state index contributed by atoms with van der Waals surface area (Å²) in [7, 11) is 0. The van der Waals surface area contributed by atoms with E-state index in [9.17, 15) is 9.59 Å². The first-order valence-corrected chi connectivity index (χ1v) is 8.41. The zero-order valence-electron chi connectivity index (χ0n) is 14.5. The Morgan fingerprint density at radius 1 is 0.760 bits per heavy atom. The largest absolute Gasteiger partial charge is 0.326 e. The summed E-state index contributed by atoms with van der Waals surface area (Å²) in [5.41, 5.74) is 3.74. The zero-order valence-corrected chi connectivity index (χ0v) is 14.5. The van der Waals surface area contributed by atoms with Gasteiger partial charge in [0, 0.05) is 24.1 Å². The van der Waals surface area contributed by atoms with E-state index in [0.29, 0.717) is 5.56 Å². The molecule has 1 amide bonds. The van der Waals surface area contributed by atoms with Crippen molar-refractivity contribution in [3.63, 3.8) is 0 Å². The van der Waals surface area contributed by atoms with Crippen LogP contribution in [0.5, 0.6) is 0 Å². The van der Waals surface area contributed by atoms with E-state index in [0.717, 1.165) is 22.0 Å². The Bertz CT molecular complexity index is 926. The molecule has 1 N–H and O–H groups in total. The molecule has 0 saturated carbocycles. The molecule has 25 heavy (non-hydrogen) atoms. The number of aryl methyl sites for hydroxylation is 2. The van der Waals surface area contributed by atoms with Crippen molar-refractivity contribution >= 4 is 28.2 Å². The molecule has 0 radical (unpaired) electrons. The molecule has 3 aromatic rings. The highest BCUT2D eigenvalue weighted by molar-refractivity contribution is 6.02. The molecule has 3 nitrogen and oxygen atoms in total. The Labute approximate surface area is 147 Å². The molecule has 3 rings (SSSR count). The Hall–Kier alpha value is -2.94. The second kappa shape index (κ2) is 7.31. The van der Waals surface area contributed by atoms with Crippen LogP contribution in [0.15, 0.2) is 60.7 Å². The lowest BCUT2D eigenvalue weighted by atomic mass is 10.0. The van der Waals surface area contributed by atoms with Gasteiger partial charge in [0.1, 0.15) is 0 Å². The summed E-state index contributed by atoms with van der Waals surface area (Å²) in [6.45, 7) is 4.04. The summed E-state index contributed by atoms with van der Waals surface area (Å²) < 4.78 is 0. The summed E-state index contributed by atoms with van der Waals surface area (Å²) >= 11 is 0. The molecule has 0 fully saturated rings. The van der Waals surface area contributed by atoms with Crippen molar-refractivity contribution in [1.29, 1.82) is 0 Å². The number of anilines is 1. The Morgan fingerprint density at radius 3 is 2.16 bits per heavy atom. The molecule has 3 heteroatoms. The van der Waals surface area contributed by atoms with E-state index >= 15 is 0 Å². The van der Waals surface area contributed by atoms with Gasteiger partial charge in [0.2, 0.25) is 5.91 Å². The van der Waals surface area contributed by atoms with Crippen LogP contribution in [-0.2, 0) is 4.79 Å². The van der Waals surface area contributed by atoms with E-state index < -0.39 is 0 Å². The molecule has 0 aliphatic carbocycles. The molecule has 126 valence electrons. The predicted molar refractivity (Wildman–Crippen MR) is 102 cm³/mol. The van der Waals surface area contributed by atoms with Crippen LogP contribution >= 0.6 is 0 Å². The number of rotatable bonds is 5. The third kappa shape index (κ3) is 4.32. The monoisotopic (exact) mass is 331 g/mol. The zero-order chi connectivity index (χ0) is 17.8. The number of nitrogens with one attached hydrogen (secondary N) is 1. The summed E-state index contributed by atoms with van der Waals surface area (Å²) in [5.74, 6) is -0.157. The first-order chi connectivity index (χ1) is 12.0. The van der Waals surface area contributed by atoms with Crippen LogP contribution in [0.1, 0.15) is 34.3 Å². The molecule has 3 aromatic carbocycles. The van der Waals surface area contributed by atoms with Crippen LogP contribution in [0, 0.1) is 13.8 Å². The molecule has 0 atom stereocenters. The fourth-order valence-electron chi connectivity index (χ4n) is 2.77. The highest BCUT2D eigenvalue weighted by Gasteiger charge is 2.10. The van der Waals surface area contributed by atoms with E-state index in [-0.39, 0.29) is 24.5 Å². The standard InChI is InChI=1S/C22H21NO2/c1-15-4-9-20(10-5-15)23-22(25)12-11-21(24)19-8-7-17-13-16(2)3-6-18(17)14-19/h3-10,13-14H,11-12H2,1-2H3,(H,23,25). The molecule has 0 saturated heterocycles. The normalized spacial score (nSPS) is 10.6. The van der Waals surface area contributed by atoms with Gasteiger partial charge in [-0.25, -0.2) is 0 Å². The number of ketones is 1. The highest BCUT2D eigenvalue weighted by atomic mass is 16.2. The van der Waals surface area contributed by atoms with Crippen molar-refractivity contribution in [2.75, 3.05) is 5.32 Å². The van der Waals surface area contributed by atoms with Crippen LogP contribution in [0.4, 0.5) is 5.69 Å². The second-order valence-corrected chi connectivity index (χ2v) is 6.40. The van der Waals surface area contributed by atoms with Crippen molar-refractivity contribution < 1.29 is 9.59 Å². The SMILES string of the molecule is Cc1ccc(NC(=O)CCC(=O)c2ccc3cc(C)ccc3c2)cc1. The van der Waals surface area contributed by atoms with Gasteiger partial charge >= 0.3 is 0 Å². The molecule has 0 aliphatic heterocycles. The number of benzene rings is 3. The number of hydrogen-bond acceptors (Lipinski definition) is 2. The summed E-state index contributed by atoms with van der Waals surface area (Å²) in [6, 6.07) is 19.4. The minimum Gasteiger partial charge on any atom is -0.326 e. The number of amides is 1. The second-order valence-electron chi connectivity index (χ2n) is 6.40. The van der Waals surface area contributed by atoms with Gasteiger partial charge in [0.15, 0.2) is 5.78 Å². The number of fused-ring (bicyclic) bond motifs is 1. The molecular weight excluding hydrogens is 310 g/mol. The van der Waals surface area contributed by atoms with Crippen molar-refractivity contribution in [3.05, 3.63) is 77.4 Å². The fourth-order valence-corrected chi connectivity index (χ4v) is 2.77. The van der Waals surface area contributed by atoms with Crippen molar-refractivity contribution in [1.82, 2.24) is 0 Å². The van der Waals surface area contributed by atoms with Crippen LogP contribution in [0.2, 0.25) is 0 Å². The summed E-state index contributed by atoms with van der Waals surface area (Å²) in [5, 5.41) is 4.98. The molecule has 0 spiro atoms. The Balaban J connectivity index is 1.61. The third-order valence-corrected chi connectivity index (χ3v) is 4.23. The van der Waals surface area contributed by atoms with Gasteiger partial charge in [0.05, 0.1) is 0 Å². The van der Waals surface area contributed by atoms with E-state index in [1.54, 1.807) is 0 Å². The maximum atomic E-state index is 12.4. The molecule has 0 unspecified atom stereocenters. The lowest BCUT2D eigenvalue weighted by molar-refractivity contribution is -0.116. The average molecular weight is 331 g/mol. The molecule has 0 aliphatic rings. The Kier molecular flexibility index (Phi) is 4.94. The average Bonchev–Trinajstić information content (AvgIpc) is 2.61. The topological polar surface area (TPSA) is 46.2 Å². The Morgan fingerprint density at radius 2 is 1.40 bits per heavy atom. The van der Waals surface area contributed by atoms with E-state index in [1.165, 1.54) is 5.56 Å². The van der Waals surface area contributed by atoms with Gasteiger partial charge in [0.25, 0.3) is 0 Å². The third-order valence-electron chi connectivity index (χ3n) is 4.23. The summed E-state index contributed by atoms with van der Waals surface area (Å²) in [6.07, 6.45) is 0.383. The van der Waals surface area contributed by atoms with Crippen LogP contribution in [-0.4, -0.2) is 11.7 Å². The maximum Gasteiger partial charge on any atom is 0.224 e. The van der Waals surface area contributed by atoms with Crippen LogP contribution in [0.25, 0.3) is 10.8 Å². The predicted octanol–water partition coefficient (Wildman–Crippen LogP) is 5.06. The summed E-state index contributed by atoms with van der Waals surface area (Å²) in [4.78, 5) is 24.4. The van der Waals surface area contributed by atoms with E-state index in [4.69, 9.17) is 0 Å². The van der Waals surface area contributed by atoms with Crippen LogP contribution < -0.4 is 5.32 Å². The van der Waals surface area contributed by atoms with Crippen molar-refractivity contribution in [3.8, 4) is 0 Å². The smallest absolute Gasteiger partial charge is 0.224 e. The fraction of sp³-hybridized carbons (Fsp3) is 0.182. The minimum absolute atomic E-state index is 0.0125. The van der Waals surface area contributed by atoms with Gasteiger partial charge < -0.3 is 5.32 Å². The van der Waals surface area contributed by atoms with E-state index in [2.05, 4.69) is 11.4 Å². The van der Waals surface area contributed by atoms with Gasteiger partial charge in [-0.3, -0.25) is 9.59 Å². The quantitative estimate of drug-likeness (QED) is 0.664. The first-order valence-electron chi connectivity index (χ1n) is 8.41. The number of Topliss-reactive ketones (excluding diaryl/α,β-unsaturated/α-hetero) is 1. The molecule has 0 aromatic heterocycles. The number of carbonyl (C=O) groups excluding carboxylic acids is 2. The number of carbonyl (C=O) groups is 2. The molecule has 0 bridgehead atoms. The number of hydrogen-bond donors (Lipinski definition) is 1. The van der Waals surface area contributed by atoms with Gasteiger partial charge in [-0.2, -0.15) is 0 Å². The first kappa shape index (κ1) is 16.9. The molecular formula is C22H21NO2. The van der Waals surface area contributed by atoms with Crippen molar-refractivity contribution in [2.24, 2.45) is 0 Å². The lowest BCUT2D eigenvalue weighted by Crippen LogP contribution is -2.13. The maximum absolute atomic E-state index is 12.4. The lowest BCUT2D eigenvalue weighted by Gasteiger charge is -2.06. The van der Waals surface area contributed by atoms with Gasteiger partial charge in [-0.05, 0) is 42.8 Å². The van der Waals surface area contributed by atoms with E-state index in [1.807, 2.05) is 68.4 Å². The van der Waals surface area contributed by atoms with Crippen LogP contribution in [0.3, 0.4) is 0 Å². The minimum atomic E-state index is -0.145. The van der Waals surface area contributed by atoms with Gasteiger partial charge in [-0.15, -0.1) is 0 Å². The van der Waals surface area contributed by atoms with Crippen molar-refractivity contribution in [2.45, 2.75) is 26.7 Å². The van der Waals surface area contributed by atoms with Gasteiger partial charge in [-0.1, -0.05) is 53.6 Å². The molecule has 0 heterocycles.